The van der Waals surface area contributed by atoms with Gasteiger partial charge in [-0.2, -0.15) is 10.6 Å². The van der Waals surface area contributed by atoms with Crippen LogP contribution in [0.15, 0.2) is 71.7 Å². The van der Waals surface area contributed by atoms with Gasteiger partial charge in [-0.15, -0.1) is 11.4 Å². The third-order valence-corrected chi connectivity index (χ3v) is 11.9. The smallest absolute Gasteiger partial charge is 0.408 e. The number of halogens is 1. The number of rotatable bonds is 13. The molecular formula is C44H53ClN5O8S-. The van der Waals surface area contributed by atoms with E-state index in [1.54, 1.807) is 78.8 Å². The number of likely N-dealkylation sites (tertiary alicyclic amines) is 1. The number of carbonyl (C=O) groups is 4. The molecule has 2 fully saturated rings. The molecule has 0 spiro atoms. The van der Waals surface area contributed by atoms with Crippen LogP contribution in [-0.2, 0) is 33.9 Å². The lowest BCUT2D eigenvalue weighted by Crippen LogP contribution is -2.63. The summed E-state index contributed by atoms with van der Waals surface area (Å²) in [6, 6.07) is 14.3. The van der Waals surface area contributed by atoms with Crippen molar-refractivity contribution in [1.82, 2.24) is 25.2 Å². The van der Waals surface area contributed by atoms with Gasteiger partial charge >= 0.3 is 6.09 Å². The lowest BCUT2D eigenvalue weighted by molar-refractivity contribution is -0.143. The molecule has 2 aliphatic rings. The Bertz CT molecular complexity index is 2360. The second-order valence-corrected chi connectivity index (χ2v) is 19.0. The van der Waals surface area contributed by atoms with E-state index in [2.05, 4.69) is 21.9 Å². The Morgan fingerprint density at radius 2 is 1.78 bits per heavy atom. The van der Waals surface area contributed by atoms with Crippen molar-refractivity contribution < 1.29 is 37.3 Å². The van der Waals surface area contributed by atoms with E-state index in [4.69, 9.17) is 30.5 Å². The monoisotopic (exact) mass is 846 g/mol. The van der Waals surface area contributed by atoms with Crippen molar-refractivity contribution in [2.75, 3.05) is 6.54 Å². The van der Waals surface area contributed by atoms with Crippen LogP contribution in [-0.4, -0.2) is 74.4 Å². The Balaban J connectivity index is 1.40. The number of fused-ring (bicyclic) bond motifs is 3. The SMILES string of the molecule is C=CCCC(CC)(NC(=O)C1CC(Oc2cc(-c3ccccc3)nc3c2oc2ccc(Cl)cc23)CN1C(=O)C(NC(=O)OC(C)(C)C)C(C)(C)C)C(=O)N[S-](=O)=C1CC1. The molecule has 4 amide bonds. The fraction of sp³-hybridized carbons (Fsp3) is 0.455. The Morgan fingerprint density at radius 1 is 1.07 bits per heavy atom. The van der Waals surface area contributed by atoms with Crippen LogP contribution < -0.4 is 20.1 Å². The van der Waals surface area contributed by atoms with Crippen molar-refractivity contribution in [1.29, 1.82) is 0 Å². The molecule has 1 aliphatic heterocycles. The number of alkyl carbamates (subject to hydrolysis) is 1. The number of allylic oxidation sites excluding steroid dienone is 1. The molecule has 3 heterocycles. The number of pyridine rings is 1. The molecule has 1 saturated carbocycles. The van der Waals surface area contributed by atoms with E-state index in [-0.39, 0.29) is 25.8 Å². The summed E-state index contributed by atoms with van der Waals surface area (Å²) in [4.78, 5) is 63.7. The Hall–Kier alpha value is -5.08. The Kier molecular flexibility index (Phi) is 12.7. The van der Waals surface area contributed by atoms with Gasteiger partial charge in [-0.3, -0.25) is 14.4 Å². The molecule has 15 heteroatoms. The lowest BCUT2D eigenvalue weighted by atomic mass is 9.85. The van der Waals surface area contributed by atoms with Gasteiger partial charge in [0.2, 0.25) is 17.7 Å². The number of hydrogen-bond acceptors (Lipinski definition) is 10. The van der Waals surface area contributed by atoms with E-state index < -0.39 is 69.1 Å². The minimum absolute atomic E-state index is 0.0180. The first-order chi connectivity index (χ1) is 27.8. The molecule has 2 aromatic heterocycles. The van der Waals surface area contributed by atoms with Crippen LogP contribution >= 0.6 is 11.6 Å². The third kappa shape index (κ3) is 10.0. The molecule has 1 saturated heterocycles. The van der Waals surface area contributed by atoms with E-state index in [1.165, 1.54) is 4.90 Å². The molecule has 4 atom stereocenters. The van der Waals surface area contributed by atoms with Gasteiger partial charge < -0.3 is 38.4 Å². The molecule has 2 aromatic carbocycles. The molecule has 4 aromatic rings. The van der Waals surface area contributed by atoms with Crippen molar-refractivity contribution in [3.63, 3.8) is 0 Å². The van der Waals surface area contributed by atoms with Gasteiger partial charge in [0.25, 0.3) is 0 Å². The summed E-state index contributed by atoms with van der Waals surface area (Å²) >= 11 is 6.41. The molecule has 3 N–H and O–H groups in total. The van der Waals surface area contributed by atoms with E-state index in [0.29, 0.717) is 57.8 Å². The van der Waals surface area contributed by atoms with Crippen molar-refractivity contribution in [3.05, 3.63) is 72.3 Å². The highest BCUT2D eigenvalue weighted by Gasteiger charge is 2.48. The van der Waals surface area contributed by atoms with Crippen LogP contribution in [0.3, 0.4) is 0 Å². The summed E-state index contributed by atoms with van der Waals surface area (Å²) in [5, 5.41) is 6.93. The van der Waals surface area contributed by atoms with Crippen molar-refractivity contribution >= 4 is 72.9 Å². The van der Waals surface area contributed by atoms with Gasteiger partial charge in [-0.1, -0.05) is 88.5 Å². The molecule has 4 unspecified atom stereocenters. The average Bonchev–Trinajstić information content (AvgIpc) is 3.85. The summed E-state index contributed by atoms with van der Waals surface area (Å²) in [7, 11) is -1.69. The highest BCUT2D eigenvalue weighted by atomic mass is 35.5. The van der Waals surface area contributed by atoms with Gasteiger partial charge in [0.15, 0.2) is 11.3 Å². The molecule has 1 aliphatic carbocycles. The summed E-state index contributed by atoms with van der Waals surface area (Å²) in [5.74, 6) is -1.40. The fourth-order valence-corrected chi connectivity index (χ4v) is 8.29. The maximum atomic E-state index is 14.8. The minimum atomic E-state index is -1.69. The molecular weight excluding hydrogens is 794 g/mol. The summed E-state index contributed by atoms with van der Waals surface area (Å²) in [5.41, 5.74) is -0.274. The number of furan rings is 1. The lowest BCUT2D eigenvalue weighted by Gasteiger charge is -2.38. The maximum absolute atomic E-state index is 14.8. The number of aromatic nitrogens is 1. The molecule has 316 valence electrons. The Morgan fingerprint density at radius 3 is 2.41 bits per heavy atom. The predicted molar refractivity (Wildman–Crippen MR) is 230 cm³/mol. The quantitative estimate of drug-likeness (QED) is 0.0691. The van der Waals surface area contributed by atoms with Gasteiger partial charge in [-0.05, 0) is 63.6 Å². The van der Waals surface area contributed by atoms with Crippen LogP contribution in [0, 0.1) is 5.41 Å². The van der Waals surface area contributed by atoms with Crippen molar-refractivity contribution in [3.8, 4) is 17.0 Å². The van der Waals surface area contributed by atoms with Gasteiger partial charge in [-0.25, -0.2) is 9.78 Å². The number of nitrogens with zero attached hydrogens (tertiary/aromatic N) is 2. The van der Waals surface area contributed by atoms with E-state index in [1.807, 2.05) is 30.3 Å². The summed E-state index contributed by atoms with van der Waals surface area (Å²) in [6.45, 7) is 16.1. The topological polar surface area (TPSA) is 169 Å². The number of nitrogens with one attached hydrogen (secondary N) is 3. The number of carbonyl (C=O) groups excluding carboxylic acids is 4. The third-order valence-electron chi connectivity index (χ3n) is 10.4. The number of benzene rings is 2. The normalized spacial score (nSPS) is 18.3. The highest BCUT2D eigenvalue weighted by Crippen LogP contribution is 2.39. The molecule has 13 nitrogen and oxygen atoms in total. The van der Waals surface area contributed by atoms with E-state index in [9.17, 15) is 23.4 Å². The number of ether oxygens (including phenoxy) is 2. The standard InChI is InChI=1S/C44H53ClN5O8S/c1-9-11-21-44(10-2,40(53)49-59(55)29-18-19-29)48-38(51)32-23-28(25-50(32)39(52)37(42(3,4)5)47-41(54)58-43(6,7)8)56-34-24-31(26-15-13-12-14-16-26)46-35-30-22-27(45)17-20-33(30)57-36(34)35/h9,12-17,20,22,24,28,32,37H,1,10-11,18-19,21,23,25H2,2-8H3,(H,47,54)(H,48,51)(H,49,53,55)/q-1. The van der Waals surface area contributed by atoms with Crippen LogP contribution in [0.2, 0.25) is 5.02 Å². The number of amides is 4. The first-order valence-electron chi connectivity index (χ1n) is 19.9. The van der Waals surface area contributed by atoms with Crippen LogP contribution in [0.4, 0.5) is 4.79 Å². The zero-order chi connectivity index (χ0) is 42.9. The van der Waals surface area contributed by atoms with E-state index >= 15 is 0 Å². The van der Waals surface area contributed by atoms with Gasteiger partial charge in [0.1, 0.15) is 40.4 Å². The van der Waals surface area contributed by atoms with Gasteiger partial charge in [0.05, 0.1) is 12.2 Å². The first-order valence-corrected chi connectivity index (χ1v) is 21.4. The fourth-order valence-electron chi connectivity index (χ4n) is 7.13. The van der Waals surface area contributed by atoms with Crippen molar-refractivity contribution in [2.45, 2.75) is 116 Å². The van der Waals surface area contributed by atoms with Gasteiger partial charge in [0, 0.05) is 28.5 Å². The van der Waals surface area contributed by atoms with Crippen LogP contribution in [0.1, 0.15) is 87.0 Å². The van der Waals surface area contributed by atoms with Crippen LogP contribution in [0.5, 0.6) is 5.75 Å². The minimum Gasteiger partial charge on any atom is -0.484 e. The van der Waals surface area contributed by atoms with E-state index in [0.717, 1.165) is 10.4 Å². The number of hydrogen-bond donors (Lipinski definition) is 3. The zero-order valence-corrected chi connectivity index (χ0v) is 36.2. The average molecular weight is 847 g/mol. The molecule has 0 radical (unpaired) electrons. The maximum Gasteiger partial charge on any atom is 0.408 e. The summed E-state index contributed by atoms with van der Waals surface area (Å²) < 4.78 is 34.0. The molecule has 6 rings (SSSR count). The molecule has 59 heavy (non-hydrogen) atoms. The zero-order valence-electron chi connectivity index (χ0n) is 34.6. The predicted octanol–water partition coefficient (Wildman–Crippen LogP) is 7.78. The molecule has 0 bridgehead atoms. The Labute approximate surface area is 351 Å². The van der Waals surface area contributed by atoms with Crippen LogP contribution in [0.25, 0.3) is 33.3 Å². The largest absolute Gasteiger partial charge is 0.484 e. The second kappa shape index (κ2) is 17.3. The summed E-state index contributed by atoms with van der Waals surface area (Å²) in [6.07, 6.45) is 2.16. The second-order valence-electron chi connectivity index (χ2n) is 17.2. The van der Waals surface area contributed by atoms with Crippen molar-refractivity contribution in [2.24, 2.45) is 5.41 Å². The first kappa shape index (κ1) is 43.5. The highest BCUT2D eigenvalue weighted by molar-refractivity contribution is 7.84.